The second-order valence-electron chi connectivity index (χ2n) is 7.34. The monoisotopic (exact) mass is 417 g/mol. The third-order valence-electron chi connectivity index (χ3n) is 5.13. The van der Waals surface area contributed by atoms with Crippen molar-refractivity contribution in [2.24, 2.45) is 0 Å². The third-order valence-corrected chi connectivity index (χ3v) is 5.13. The fraction of sp³-hybridized carbons (Fsp3) is 0.208. The van der Waals surface area contributed by atoms with Gasteiger partial charge in [0, 0.05) is 31.7 Å². The van der Waals surface area contributed by atoms with Crippen molar-refractivity contribution in [3.8, 4) is 0 Å². The Kier molecular flexibility index (Phi) is 6.52. The molecule has 0 unspecified atom stereocenters. The van der Waals surface area contributed by atoms with E-state index in [9.17, 15) is 9.18 Å². The van der Waals surface area contributed by atoms with Crippen LogP contribution in [0.4, 0.5) is 15.9 Å². The summed E-state index contributed by atoms with van der Waals surface area (Å²) in [5.74, 6) is 0.375. The molecule has 0 saturated carbocycles. The minimum Gasteiger partial charge on any atom is -0.390 e. The van der Waals surface area contributed by atoms with Gasteiger partial charge in [-0.15, -0.1) is 0 Å². The zero-order chi connectivity index (χ0) is 21.5. The number of rotatable bonds is 9. The van der Waals surface area contributed by atoms with Crippen molar-refractivity contribution in [2.45, 2.75) is 19.4 Å². The molecule has 0 fully saturated rings. The van der Waals surface area contributed by atoms with Gasteiger partial charge in [-0.25, -0.2) is 9.37 Å². The maximum atomic E-state index is 13.5. The summed E-state index contributed by atoms with van der Waals surface area (Å²) in [6.07, 6.45) is 7.76. The predicted octanol–water partition coefficient (Wildman–Crippen LogP) is 3.77. The lowest BCUT2D eigenvalue weighted by Gasteiger charge is -2.21. The summed E-state index contributed by atoms with van der Waals surface area (Å²) in [4.78, 5) is 22.5. The zero-order valence-corrected chi connectivity index (χ0v) is 17.1. The van der Waals surface area contributed by atoms with Gasteiger partial charge in [0.15, 0.2) is 5.82 Å². The van der Waals surface area contributed by atoms with Gasteiger partial charge in [0.2, 0.25) is 6.41 Å². The van der Waals surface area contributed by atoms with Gasteiger partial charge in [-0.05, 0) is 59.9 Å². The molecule has 7 heteroatoms. The molecule has 1 amide bonds. The number of nitrogens with one attached hydrogen (secondary N) is 2. The summed E-state index contributed by atoms with van der Waals surface area (Å²) >= 11 is 0. The smallest absolute Gasteiger partial charge is 0.214 e. The van der Waals surface area contributed by atoms with Gasteiger partial charge >= 0.3 is 0 Å². The van der Waals surface area contributed by atoms with E-state index in [1.807, 2.05) is 36.5 Å². The molecule has 2 N–H and O–H groups in total. The van der Waals surface area contributed by atoms with Crippen molar-refractivity contribution in [3.05, 3.63) is 89.8 Å². The van der Waals surface area contributed by atoms with E-state index in [-0.39, 0.29) is 5.82 Å². The molecular weight excluding hydrogens is 393 g/mol. The van der Waals surface area contributed by atoms with E-state index in [1.165, 1.54) is 12.1 Å². The van der Waals surface area contributed by atoms with Gasteiger partial charge in [-0.2, -0.15) is 0 Å². The number of aromatic nitrogens is 2. The number of pyridine rings is 2. The highest BCUT2D eigenvalue weighted by Gasteiger charge is 2.16. The molecule has 0 radical (unpaired) electrons. The van der Waals surface area contributed by atoms with Crippen molar-refractivity contribution in [3.63, 3.8) is 0 Å². The number of amides is 1. The summed E-state index contributed by atoms with van der Waals surface area (Å²) in [6.45, 7) is 1.84. The molecule has 1 aliphatic rings. The van der Waals surface area contributed by atoms with Crippen LogP contribution in [0.1, 0.15) is 23.2 Å². The van der Waals surface area contributed by atoms with Crippen molar-refractivity contribution >= 4 is 23.5 Å². The highest BCUT2D eigenvalue weighted by molar-refractivity contribution is 5.83. The Balaban J connectivity index is 1.57. The molecule has 0 aliphatic carbocycles. The third kappa shape index (κ3) is 5.25. The molecule has 3 aromatic rings. The van der Waals surface area contributed by atoms with Gasteiger partial charge in [0.25, 0.3) is 0 Å². The predicted molar refractivity (Wildman–Crippen MR) is 120 cm³/mol. The van der Waals surface area contributed by atoms with Crippen molar-refractivity contribution in [1.29, 1.82) is 0 Å². The van der Waals surface area contributed by atoms with Crippen LogP contribution in [0.3, 0.4) is 0 Å². The van der Waals surface area contributed by atoms with Crippen LogP contribution >= 0.6 is 0 Å². The molecular formula is C24H24FN5O. The van der Waals surface area contributed by atoms with Crippen LogP contribution in [0.2, 0.25) is 0 Å². The van der Waals surface area contributed by atoms with E-state index < -0.39 is 0 Å². The molecule has 4 rings (SSSR count). The van der Waals surface area contributed by atoms with Gasteiger partial charge < -0.3 is 15.5 Å². The van der Waals surface area contributed by atoms with Crippen LogP contribution in [-0.4, -0.2) is 29.5 Å². The molecule has 0 atom stereocenters. The molecule has 31 heavy (non-hydrogen) atoms. The molecule has 1 aromatic carbocycles. The number of hydrogen-bond donors (Lipinski definition) is 2. The average Bonchev–Trinajstić information content (AvgIpc) is 3.33. The van der Waals surface area contributed by atoms with E-state index in [1.54, 1.807) is 23.4 Å². The first-order valence-electron chi connectivity index (χ1n) is 10.3. The van der Waals surface area contributed by atoms with Crippen LogP contribution in [-0.2, 0) is 17.8 Å². The second kappa shape index (κ2) is 9.84. The Morgan fingerprint density at radius 2 is 2.06 bits per heavy atom. The van der Waals surface area contributed by atoms with Crippen LogP contribution in [0, 0.1) is 5.82 Å². The number of anilines is 2. The summed E-state index contributed by atoms with van der Waals surface area (Å²) < 4.78 is 13.5. The van der Waals surface area contributed by atoms with E-state index in [4.69, 9.17) is 4.98 Å². The van der Waals surface area contributed by atoms with Gasteiger partial charge in [-0.1, -0.05) is 18.2 Å². The topological polar surface area (TPSA) is 70.2 Å². The maximum Gasteiger partial charge on any atom is 0.214 e. The fourth-order valence-electron chi connectivity index (χ4n) is 3.55. The van der Waals surface area contributed by atoms with Crippen LogP contribution in [0.25, 0.3) is 5.57 Å². The lowest BCUT2D eigenvalue weighted by Crippen LogP contribution is -2.23. The summed E-state index contributed by atoms with van der Waals surface area (Å²) in [6, 6.07) is 14.2. The first-order valence-corrected chi connectivity index (χ1v) is 10.3. The normalized spacial score (nSPS) is 12.7. The van der Waals surface area contributed by atoms with E-state index >= 15 is 0 Å². The van der Waals surface area contributed by atoms with E-state index in [0.29, 0.717) is 31.0 Å². The molecule has 0 saturated heterocycles. The average molecular weight is 417 g/mol. The number of hydrogen-bond acceptors (Lipinski definition) is 5. The molecule has 1 aliphatic heterocycles. The van der Waals surface area contributed by atoms with Gasteiger partial charge in [0.05, 0.1) is 17.9 Å². The number of carbonyl (C=O) groups excluding carboxylic acids is 1. The molecule has 2 aromatic heterocycles. The first-order chi connectivity index (χ1) is 15.2. The van der Waals surface area contributed by atoms with Crippen molar-refractivity contribution < 1.29 is 9.18 Å². The number of halogens is 1. The van der Waals surface area contributed by atoms with Crippen molar-refractivity contribution in [1.82, 2.24) is 15.3 Å². The maximum absolute atomic E-state index is 13.5. The zero-order valence-electron chi connectivity index (χ0n) is 17.1. The lowest BCUT2D eigenvalue weighted by atomic mass is 10.1. The number of benzene rings is 1. The fourth-order valence-corrected chi connectivity index (χ4v) is 3.55. The standard InChI is InChI=1S/C24H24FN5O/c25-21-5-1-3-18(13-21)8-12-28-24-23(7-6-22(29-24)20-9-11-27-15-20)30(17-31)16-19-4-2-10-26-14-19/h1-7,10,13-15,17,27H,8-9,11-12,16H2,(H,28,29). The van der Waals surface area contributed by atoms with Crippen LogP contribution < -0.4 is 15.5 Å². The van der Waals surface area contributed by atoms with Crippen molar-refractivity contribution in [2.75, 3.05) is 23.3 Å². The van der Waals surface area contributed by atoms with E-state index in [0.717, 1.165) is 41.8 Å². The highest BCUT2D eigenvalue weighted by atomic mass is 19.1. The Labute approximate surface area is 180 Å². The lowest BCUT2D eigenvalue weighted by molar-refractivity contribution is -0.107. The Bertz CT molecular complexity index is 1070. The summed E-state index contributed by atoms with van der Waals surface area (Å²) in [5.41, 5.74) is 4.51. The quantitative estimate of drug-likeness (QED) is 0.519. The van der Waals surface area contributed by atoms with Crippen LogP contribution in [0.15, 0.2) is 67.1 Å². The van der Waals surface area contributed by atoms with Crippen LogP contribution in [0.5, 0.6) is 0 Å². The molecule has 0 bridgehead atoms. The van der Waals surface area contributed by atoms with Gasteiger partial charge in [0.1, 0.15) is 5.82 Å². The Morgan fingerprint density at radius 3 is 2.81 bits per heavy atom. The van der Waals surface area contributed by atoms with Gasteiger partial charge in [-0.3, -0.25) is 9.78 Å². The largest absolute Gasteiger partial charge is 0.390 e. The number of nitrogens with zero attached hydrogens (tertiary/aromatic N) is 3. The minimum atomic E-state index is -0.248. The molecule has 3 heterocycles. The second-order valence-corrected chi connectivity index (χ2v) is 7.34. The first kappa shape index (κ1) is 20.5. The van der Waals surface area contributed by atoms with E-state index in [2.05, 4.69) is 15.6 Å². The molecule has 0 spiro atoms. The molecule has 6 nitrogen and oxygen atoms in total. The highest BCUT2D eigenvalue weighted by Crippen LogP contribution is 2.29. The SMILES string of the molecule is O=CN(Cc1cccnc1)c1ccc(C2=CNCC2)nc1NCCc1cccc(F)c1. The molecule has 158 valence electrons. The number of carbonyl (C=O) groups is 1. The summed E-state index contributed by atoms with van der Waals surface area (Å²) in [5, 5.41) is 6.56. The Hall–Kier alpha value is -3.74. The Morgan fingerprint density at radius 1 is 1.16 bits per heavy atom. The minimum absolute atomic E-state index is 0.248. The summed E-state index contributed by atoms with van der Waals surface area (Å²) in [7, 11) is 0.